The van der Waals surface area contributed by atoms with Gasteiger partial charge in [0.25, 0.3) is 20.5 Å². The minimum Gasteiger partial charge on any atom is -0.458 e. The van der Waals surface area contributed by atoms with E-state index in [1.54, 1.807) is 10.8 Å². The number of halogens is 22. The molecule has 4 aromatic heterocycles. The fourth-order valence-corrected chi connectivity index (χ4v) is 18.8. The molecule has 4 N–H and O–H groups in total. The summed E-state index contributed by atoms with van der Waals surface area (Å²) in [5, 5.41) is 54.2. The second-order valence-corrected chi connectivity index (χ2v) is 41.5. The lowest BCUT2D eigenvalue weighted by molar-refractivity contribution is -0.370. The van der Waals surface area contributed by atoms with Crippen LogP contribution in [0.5, 0.6) is 0 Å². The van der Waals surface area contributed by atoms with E-state index in [4.69, 9.17) is 18.9 Å². The maximum absolute atomic E-state index is 13.0. The van der Waals surface area contributed by atoms with Crippen molar-refractivity contribution in [2.75, 3.05) is 143 Å². The van der Waals surface area contributed by atoms with Gasteiger partial charge in [0.2, 0.25) is 40.1 Å². The molecule has 12 rings (SSSR count). The predicted molar refractivity (Wildman–Crippen MR) is 487 cm³/mol. The van der Waals surface area contributed by atoms with Gasteiger partial charge in [-0.05, 0) is 148 Å². The summed E-state index contributed by atoms with van der Waals surface area (Å²) >= 11 is 1.75. The molecule has 0 bridgehead atoms. The van der Waals surface area contributed by atoms with E-state index in [-0.39, 0.29) is 104 Å². The zero-order valence-corrected chi connectivity index (χ0v) is 83.4. The Morgan fingerprint density at radius 1 is 0.338 bits per heavy atom. The molecule has 0 fully saturated rings. The molecule has 816 valence electrons. The molecule has 0 saturated carbocycles. The summed E-state index contributed by atoms with van der Waals surface area (Å²) in [5.74, 6) is -10.0. The van der Waals surface area contributed by atoms with E-state index in [9.17, 15) is 149 Å². The van der Waals surface area contributed by atoms with Gasteiger partial charge in [0.05, 0.1) is 36.0 Å². The molecule has 4 aromatic carbocycles. The quantitative estimate of drug-likeness (QED) is 0.00918. The Hall–Kier alpha value is -12.0. The third-order valence-corrected chi connectivity index (χ3v) is 27.3. The molecule has 4 aliphatic rings. The maximum Gasteiger partial charge on any atom is 0.516 e. The van der Waals surface area contributed by atoms with Crippen LogP contribution in [0, 0.1) is 0 Å². The van der Waals surface area contributed by atoms with Crippen LogP contribution in [0.1, 0.15) is 141 Å². The van der Waals surface area contributed by atoms with Crippen molar-refractivity contribution in [1.82, 2.24) is 40.8 Å². The second kappa shape index (κ2) is 50.1. The number of hydrogen-bond acceptors (Lipinski definition) is 42. The van der Waals surface area contributed by atoms with Gasteiger partial charge in [-0.15, -0.1) is 81.7 Å². The molecule has 8 heterocycles. The number of methoxy groups -OCH3 is 2. The minimum absolute atomic E-state index is 0.0114. The summed E-state index contributed by atoms with van der Waals surface area (Å²) in [6.07, 6.45) is -25.5. The topological polar surface area (TPSA) is 523 Å². The lowest BCUT2D eigenvalue weighted by atomic mass is 10.00. The van der Waals surface area contributed by atoms with E-state index in [1.165, 1.54) is 55.3 Å². The molecule has 0 aliphatic carbocycles. The summed E-state index contributed by atoms with van der Waals surface area (Å²) < 4.78 is 408. The zero-order valence-electron chi connectivity index (χ0n) is 76.9. The number of esters is 4. The third kappa shape index (κ3) is 34.0. The molecule has 0 saturated heterocycles. The van der Waals surface area contributed by atoms with Crippen LogP contribution in [0.15, 0.2) is 89.4 Å². The highest BCUT2D eigenvalue weighted by atomic mass is 32.2. The molecular formula is C76H82F22N24O18S8. The van der Waals surface area contributed by atoms with Crippen molar-refractivity contribution >= 4 is 198 Å². The number of aromatic nitrogens is 8. The first-order chi connectivity index (χ1) is 68.9. The first kappa shape index (κ1) is 120. The molecule has 4 aliphatic heterocycles. The number of sulfonamides is 4. The third-order valence-electron chi connectivity index (χ3n) is 19.4. The number of nitrogens with zero attached hydrogens (tertiary/aromatic N) is 20. The minimum atomic E-state index is -6.19. The van der Waals surface area contributed by atoms with E-state index < -0.39 is 155 Å². The van der Waals surface area contributed by atoms with Gasteiger partial charge >= 0.3 is 91.9 Å². The number of fused-ring (bicyclic) bond motifs is 4. The van der Waals surface area contributed by atoms with Gasteiger partial charge in [-0.25, -0.2) is 36.0 Å². The fourth-order valence-electron chi connectivity index (χ4n) is 13.4. The number of ether oxygens (including phenoxy) is 6. The van der Waals surface area contributed by atoms with Crippen LogP contribution in [-0.2, 0) is 94.2 Å². The Balaban J connectivity index is 0.000000219. The maximum atomic E-state index is 13.0. The van der Waals surface area contributed by atoms with Gasteiger partial charge < -0.3 is 48.0 Å². The standard InChI is InChI=1S/C20H25F3N6O5S2.C19H18F8N6O4S2.C19H23F3N6O5S2.C18H16F8N6O4S2/c1-3-6-29-7-4-5-13-10-14(15(11-16(13)29)28-36(31,32)12-20(21,22)23)24-26-19-27-25-17(35-19)18(30)34-9-8-33-2;1-2-5-33-6-3-4-10-7-11(12(8-13(10)33)32-39(35,36)9-17(20,21)22)28-30-16-31-29-14(38-16)15(34)37-19(26,27)18(23,24)25;1-3-6-28-7-4-5-12-10-13(14(11-15(12)28)27-35(30,31)19(20,21)22)23-25-18-26-24-16(34-18)17(29)33-9-8-32-2;1-2-5-32-6-3-4-9-7-10(11(8-12(9)32)31-38(34,35)18(24,25)26)27-29-15-30-28-13(37-15)14(33)36-17(22,23)16(19,20)21/h10-11,28H,3-9,12H2,1-2H3;7-8,32H,2-6,9H2,1H3;10-11,27H,3-9H2,1-2H3;7-8,31H,2-6H2,1H3. The first-order valence-electron chi connectivity index (χ1n) is 42.6. The fraction of sp³-hybridized carbons (Fsp3) is 0.526. The van der Waals surface area contributed by atoms with Crippen molar-refractivity contribution in [3.63, 3.8) is 0 Å². The average molecular weight is 2290 g/mol. The van der Waals surface area contributed by atoms with Crippen LogP contribution in [0.2, 0.25) is 0 Å². The number of aryl methyl sites for hydroxylation is 4. The molecule has 0 spiro atoms. The summed E-state index contributed by atoms with van der Waals surface area (Å²) in [6.45, 7) is 13.3. The summed E-state index contributed by atoms with van der Waals surface area (Å²) in [5.41, 5.74) is -8.06. The highest BCUT2D eigenvalue weighted by Gasteiger charge is 2.64. The van der Waals surface area contributed by atoms with Gasteiger partial charge in [0.15, 0.2) is 11.5 Å². The summed E-state index contributed by atoms with van der Waals surface area (Å²) in [7, 11) is -18.4. The molecule has 0 atom stereocenters. The number of azo groups is 4. The van der Waals surface area contributed by atoms with E-state index in [1.807, 2.05) is 56.7 Å². The SMILES string of the molecule is CCCN1CCCc2cc(N=Nc3nnc(C(=O)OC(F)(F)C(F)(F)F)s3)c(NS(=O)(=O)C(F)(F)F)cc21.CCCN1CCCc2cc(N=Nc3nnc(C(=O)OC(F)(F)C(F)(F)F)s3)c(NS(=O)(=O)CC(F)(F)F)cc21.CCCN1CCCc2cc(N=Nc3nnc(C(=O)OCCOC)s3)c(NS(=O)(=O)C(F)(F)F)cc21.CCCN1CCCc2cc(N=Nc3nnc(C(=O)OCCOC)s3)c(NS(=O)(=O)CC(F)(F)F)cc21. The molecule has 148 heavy (non-hydrogen) atoms. The molecule has 72 heteroatoms. The number of carbonyl (C=O) groups is 4. The van der Waals surface area contributed by atoms with Crippen molar-refractivity contribution in [2.24, 2.45) is 40.9 Å². The Morgan fingerprint density at radius 3 is 0.791 bits per heavy atom. The van der Waals surface area contributed by atoms with Crippen molar-refractivity contribution in [3.05, 3.63) is 90.8 Å². The number of anilines is 8. The van der Waals surface area contributed by atoms with Crippen molar-refractivity contribution in [2.45, 2.75) is 153 Å². The highest BCUT2D eigenvalue weighted by Crippen LogP contribution is 2.47. The van der Waals surface area contributed by atoms with Crippen LogP contribution in [-0.4, -0.2) is 251 Å². The van der Waals surface area contributed by atoms with Crippen LogP contribution < -0.4 is 38.5 Å². The van der Waals surface area contributed by atoms with Crippen LogP contribution in [0.4, 0.5) is 185 Å². The highest BCUT2D eigenvalue weighted by molar-refractivity contribution is 7.94. The number of rotatable bonds is 38. The van der Waals surface area contributed by atoms with E-state index in [2.05, 4.69) is 91.2 Å². The smallest absolute Gasteiger partial charge is 0.458 e. The normalized spacial score (nSPS) is 14.6. The average Bonchev–Trinajstić information content (AvgIpc) is 0.856. The van der Waals surface area contributed by atoms with Gasteiger partial charge in [-0.1, -0.05) is 73.0 Å². The Labute approximate surface area is 839 Å². The molecular weight excluding hydrogens is 2210 g/mol. The van der Waals surface area contributed by atoms with Crippen molar-refractivity contribution in [3.8, 4) is 0 Å². The lowest BCUT2D eigenvalue weighted by Crippen LogP contribution is -2.40. The van der Waals surface area contributed by atoms with Crippen LogP contribution >= 0.6 is 45.3 Å². The number of benzene rings is 4. The monoisotopic (exact) mass is 2290 g/mol. The van der Waals surface area contributed by atoms with Gasteiger partial charge in [-0.3, -0.25) is 18.9 Å². The molecule has 8 aromatic rings. The van der Waals surface area contributed by atoms with Crippen molar-refractivity contribution in [1.29, 1.82) is 0 Å². The van der Waals surface area contributed by atoms with E-state index in [0.29, 0.717) is 119 Å². The molecule has 0 unspecified atom stereocenters. The van der Waals surface area contributed by atoms with Gasteiger partial charge in [0.1, 0.15) is 36.0 Å². The van der Waals surface area contributed by atoms with E-state index in [0.717, 1.165) is 84.2 Å². The molecule has 42 nitrogen and oxygen atoms in total. The zero-order chi connectivity index (χ0) is 110. The van der Waals surface area contributed by atoms with Crippen LogP contribution in [0.25, 0.3) is 0 Å². The summed E-state index contributed by atoms with van der Waals surface area (Å²) in [4.78, 5) is 54.9. The Kier molecular flexibility index (Phi) is 40.4. The Bertz CT molecular complexity index is 6610. The number of carbonyl (C=O) groups excluding carboxylic acids is 4. The van der Waals surface area contributed by atoms with Gasteiger partial charge in [-0.2, -0.15) is 113 Å². The second-order valence-electron chi connectivity index (χ2n) is 30.8. The first-order valence-corrected chi connectivity index (χ1v) is 52.1. The number of hydrogen-bond donors (Lipinski definition) is 4. The van der Waals surface area contributed by atoms with Crippen LogP contribution in [0.3, 0.4) is 0 Å². The predicted octanol–water partition coefficient (Wildman–Crippen LogP) is 19.8. The largest absolute Gasteiger partial charge is 0.516 e. The van der Waals surface area contributed by atoms with E-state index >= 15 is 0 Å². The Morgan fingerprint density at radius 2 is 0.574 bits per heavy atom. The van der Waals surface area contributed by atoms with Crippen molar-refractivity contribution < 1.29 is 178 Å². The van der Waals surface area contributed by atoms with Gasteiger partial charge in [0, 0.05) is 89.3 Å². The lowest BCUT2D eigenvalue weighted by Gasteiger charge is -2.32. The molecule has 0 radical (unpaired) electrons. The number of nitrogens with one attached hydrogen (secondary N) is 4. The number of alkyl halides is 22. The summed E-state index contributed by atoms with van der Waals surface area (Å²) in [6, 6.07) is 11.0. The molecule has 0 amide bonds.